The number of aliphatic carboxylic acids is 4. The van der Waals surface area contributed by atoms with Crippen molar-refractivity contribution in [1.82, 2.24) is 26.2 Å². The number of nitrogens with one attached hydrogen (secondary N) is 4. The lowest BCUT2D eigenvalue weighted by Gasteiger charge is -2.42. The number of aliphatic hydroxyl groups excluding tert-OH is 1. The standard InChI is InChI=1S/C80H121N7O30S2/c1-43-17-13-12-14-18-44(2)59(110-9)33-51-22-20-49(7)80(109,117-51)71(99)74(102)87-28-16-15-19-56(87)77(107)115-60(34-57(88)45(3)30-48(6)69(98)70(112-11)68(97)47(5)29-43)46(4)31-50-21-25-58(61(32-50)111-10)116-78(108)79(8,41-113-66(95)39-118-37-54(72(100)83-35-64(91)92)85-62(89)26-23-52(81)75(103)104)42-114-67(96)40-119-38-55(73(101)84-36-65(93)94)86-63(90)27-24-53(82)76(105)106/h12-14,17-18,30,43,45-47,49-56,58-61,69-70,98,109H,15-16,19-29,31-42,81-82H2,1-11H3,(H,83,100)(H,84,101)(H,85,89)(H,86,90)(H,91,92)(H,93,94)(H,103,104)(H,105,106)/b14-12?,17-13+,44-18?,48-30+/t43-,45-,46-,47-,49-,50+,51+,52+,53+,54+,55+,56+,58-,59+,60+,61-,69-,70+,80-/m1/s1. The fourth-order valence-corrected chi connectivity index (χ4v) is 15.7. The van der Waals surface area contributed by atoms with Crippen LogP contribution in [0.4, 0.5) is 0 Å². The highest BCUT2D eigenvalue weighted by molar-refractivity contribution is 8.00. The predicted octanol–water partition coefficient (Wildman–Crippen LogP) is 2.05. The molecule has 19 atom stereocenters. The second-order valence-electron chi connectivity index (χ2n) is 31.3. The highest BCUT2D eigenvalue weighted by Gasteiger charge is 2.54. The van der Waals surface area contributed by atoms with Gasteiger partial charge in [-0.05, 0) is 127 Å². The molecule has 4 rings (SSSR count). The molecule has 3 heterocycles. The van der Waals surface area contributed by atoms with E-state index >= 15 is 0 Å². The van der Waals surface area contributed by atoms with E-state index in [4.69, 9.17) is 59.6 Å². The van der Waals surface area contributed by atoms with Gasteiger partial charge >= 0.3 is 47.8 Å². The number of carboxylic acid groups (broad SMARTS) is 4. The van der Waals surface area contributed by atoms with Crippen LogP contribution in [0.5, 0.6) is 0 Å². The Morgan fingerprint density at radius 2 is 1.26 bits per heavy atom. The zero-order valence-electron chi connectivity index (χ0n) is 69.4. The largest absolute Gasteiger partial charge is 0.480 e. The second kappa shape index (κ2) is 50.6. The van der Waals surface area contributed by atoms with Crippen LogP contribution in [-0.2, 0) is 115 Å². The number of esters is 4. The van der Waals surface area contributed by atoms with Crippen molar-refractivity contribution >= 4 is 118 Å². The molecular weight excluding hydrogens is 1600 g/mol. The van der Waals surface area contributed by atoms with Gasteiger partial charge in [0.1, 0.15) is 92.1 Å². The number of allylic oxidation sites excluding steroid dienone is 6. The van der Waals surface area contributed by atoms with Gasteiger partial charge in [-0.15, -0.1) is 23.5 Å². The van der Waals surface area contributed by atoms with Crippen LogP contribution in [0, 0.1) is 40.9 Å². The van der Waals surface area contributed by atoms with Gasteiger partial charge in [-0.2, -0.15) is 0 Å². The number of piperidine rings is 1. The molecule has 1 saturated carbocycles. The molecule has 4 aliphatic rings. The van der Waals surface area contributed by atoms with Crippen molar-refractivity contribution in [1.29, 1.82) is 0 Å². The number of rotatable bonds is 36. The van der Waals surface area contributed by atoms with Crippen molar-refractivity contribution < 1.29 is 145 Å². The summed E-state index contributed by atoms with van der Waals surface area (Å²) in [7, 11) is 4.17. The highest BCUT2D eigenvalue weighted by Crippen LogP contribution is 2.39. The van der Waals surface area contributed by atoms with E-state index in [1.165, 1.54) is 34.3 Å². The van der Waals surface area contributed by atoms with E-state index in [9.17, 15) is 97.1 Å². The van der Waals surface area contributed by atoms with Crippen LogP contribution < -0.4 is 32.7 Å². The second-order valence-corrected chi connectivity index (χ2v) is 33.4. The van der Waals surface area contributed by atoms with Crippen molar-refractivity contribution in [3.8, 4) is 0 Å². The quantitative estimate of drug-likeness (QED) is 0.0185. The van der Waals surface area contributed by atoms with Crippen LogP contribution in [0.3, 0.4) is 0 Å². The minimum Gasteiger partial charge on any atom is -0.480 e. The van der Waals surface area contributed by atoms with Crippen LogP contribution >= 0.6 is 23.5 Å². The molecule has 1 aliphatic carbocycles. The van der Waals surface area contributed by atoms with Crippen LogP contribution in [0.1, 0.15) is 158 Å². The maximum Gasteiger partial charge on any atom is 0.329 e. The van der Waals surface area contributed by atoms with Gasteiger partial charge < -0.3 is 106 Å². The minimum atomic E-state index is -2.59. The van der Waals surface area contributed by atoms with Crippen LogP contribution in [-0.4, -0.2) is 286 Å². The van der Waals surface area contributed by atoms with E-state index in [1.54, 1.807) is 34.6 Å². The third kappa shape index (κ3) is 33.8. The maximum atomic E-state index is 14.9. The number of nitrogens with two attached hydrogens (primary N) is 2. The van der Waals surface area contributed by atoms with Crippen molar-refractivity contribution in [2.24, 2.45) is 52.4 Å². The summed E-state index contributed by atoms with van der Waals surface area (Å²) in [5, 5.41) is 69.6. The molecule has 668 valence electrons. The highest BCUT2D eigenvalue weighted by atomic mass is 32.2. The third-order valence-corrected chi connectivity index (χ3v) is 23.5. The first-order chi connectivity index (χ1) is 56.0. The topological polar surface area (TPSA) is 572 Å². The van der Waals surface area contributed by atoms with E-state index in [2.05, 4.69) is 21.3 Å². The molecule has 0 aromatic carbocycles. The molecular formula is C80H121N7O30S2. The van der Waals surface area contributed by atoms with Gasteiger partial charge in [0.15, 0.2) is 5.78 Å². The van der Waals surface area contributed by atoms with Gasteiger partial charge in [0.25, 0.3) is 11.7 Å². The van der Waals surface area contributed by atoms with E-state index in [0.29, 0.717) is 62.0 Å². The first-order valence-corrected chi connectivity index (χ1v) is 42.0. The molecule has 3 fully saturated rings. The monoisotopic (exact) mass is 1720 g/mol. The number of amides is 5. The number of ether oxygens (including phenoxy) is 8. The number of nitrogens with zero attached hydrogens (tertiary/aromatic N) is 1. The maximum absolute atomic E-state index is 14.9. The molecule has 5 amide bonds. The van der Waals surface area contributed by atoms with E-state index in [1.807, 2.05) is 44.2 Å². The summed E-state index contributed by atoms with van der Waals surface area (Å²) in [5.74, 6) is -24.7. The van der Waals surface area contributed by atoms with Crippen LogP contribution in [0.25, 0.3) is 0 Å². The number of fused-ring (bicyclic) bond motifs is 3. The number of thioether (sulfide) groups is 2. The molecule has 2 bridgehead atoms. The molecule has 0 radical (unpaired) electrons. The van der Waals surface area contributed by atoms with Gasteiger partial charge in [0.05, 0.1) is 29.8 Å². The molecule has 2 saturated heterocycles. The Kier molecular flexibility index (Phi) is 43.7. The van der Waals surface area contributed by atoms with Crippen molar-refractivity contribution in [2.45, 2.75) is 237 Å². The summed E-state index contributed by atoms with van der Waals surface area (Å²) in [6.07, 6.45) is 4.51. The summed E-state index contributed by atoms with van der Waals surface area (Å²) >= 11 is 1.43. The molecule has 0 spiro atoms. The minimum absolute atomic E-state index is 0.0451. The molecule has 39 heteroatoms. The number of Topliss-reactive ketones (excluding diaryl/α,β-unsaturated/α-hetero) is 3. The molecule has 0 aromatic rings. The summed E-state index contributed by atoms with van der Waals surface area (Å²) in [6, 6.07) is -7.19. The number of carbonyl (C=O) groups is 16. The summed E-state index contributed by atoms with van der Waals surface area (Å²) in [6.45, 7) is 9.74. The van der Waals surface area contributed by atoms with Gasteiger partial charge in [-0.25, -0.2) is 4.79 Å². The number of carboxylic acids is 4. The van der Waals surface area contributed by atoms with Crippen molar-refractivity contribution in [2.75, 3.05) is 77.2 Å². The zero-order chi connectivity index (χ0) is 89.2. The fourth-order valence-electron chi connectivity index (χ4n) is 14.0. The summed E-state index contributed by atoms with van der Waals surface area (Å²) < 4.78 is 47.3. The van der Waals surface area contributed by atoms with Gasteiger partial charge in [0.2, 0.25) is 29.4 Å². The number of cyclic esters (lactones) is 1. The van der Waals surface area contributed by atoms with Crippen LogP contribution in [0.2, 0.25) is 0 Å². The average Bonchev–Trinajstić information content (AvgIpc) is 0.772. The Bertz CT molecular complexity index is 3570. The fraction of sp³-hybridized carbons (Fsp3) is 0.700. The van der Waals surface area contributed by atoms with Gasteiger partial charge in [-0.1, -0.05) is 71.1 Å². The van der Waals surface area contributed by atoms with Crippen molar-refractivity contribution in [3.63, 3.8) is 0 Å². The lowest BCUT2D eigenvalue weighted by Crippen LogP contribution is -2.61. The van der Waals surface area contributed by atoms with Gasteiger partial charge in [-0.3, -0.25) is 71.9 Å². The number of hydrogen-bond acceptors (Lipinski definition) is 30. The molecule has 3 aliphatic heterocycles. The Hall–Kier alpha value is -8.54. The molecule has 14 N–H and O–H groups in total. The molecule has 37 nitrogen and oxygen atoms in total. The van der Waals surface area contributed by atoms with E-state index in [-0.39, 0.29) is 86.2 Å². The lowest BCUT2D eigenvalue weighted by atomic mass is 9.78. The number of aliphatic hydroxyl groups is 2. The first-order valence-electron chi connectivity index (χ1n) is 39.7. The first kappa shape index (κ1) is 103. The molecule has 0 unspecified atom stereocenters. The van der Waals surface area contributed by atoms with Crippen molar-refractivity contribution in [3.05, 3.63) is 47.6 Å². The van der Waals surface area contributed by atoms with E-state index in [0.717, 1.165) is 10.5 Å². The van der Waals surface area contributed by atoms with Crippen LogP contribution in [0.15, 0.2) is 47.6 Å². The summed E-state index contributed by atoms with van der Waals surface area (Å²) in [5.41, 5.74) is 10.0. The Morgan fingerprint density at radius 3 is 1.78 bits per heavy atom. The van der Waals surface area contributed by atoms with E-state index < -0.39 is 254 Å². The third-order valence-electron chi connectivity index (χ3n) is 21.4. The molecule has 119 heavy (non-hydrogen) atoms. The lowest BCUT2D eigenvalue weighted by molar-refractivity contribution is -0.265. The average molecular weight is 1730 g/mol. The SMILES string of the molecule is CO[C@H]1C[C@@H]2CC[C@@H](C)[C@@](O)(O2)C(=O)C(=O)N2CCCC[C@H]2C(=O)O[C@H]([C@H](C)C[C@@H]2CC[C@@H](OC(=O)C(C)(COC(=O)CSC[C@H](NC(=O)CC[C@H](N)C(=O)O)C(=O)NCC(=O)O)COC(=O)CSC[C@H](NC(=O)CC[C@H](N)C(=O)O)C(=O)NCC(=O)O)[C@H](OC)C2)CC(=O)[C@H](C)/C=C(\C)[C@@H](O)[C@@H](OC)C(=O)[C@H](C)C[C@H](C)/C=C/C=CC=C1C. The Labute approximate surface area is 700 Å². The molecule has 0 aromatic heterocycles. The Balaban J connectivity index is 1.67. The normalized spacial score (nSPS) is 27.4. The smallest absolute Gasteiger partial charge is 0.329 e. The predicted molar refractivity (Wildman–Crippen MR) is 429 cm³/mol. The Morgan fingerprint density at radius 1 is 0.697 bits per heavy atom. The summed E-state index contributed by atoms with van der Waals surface area (Å²) in [4.78, 5) is 213. The zero-order valence-corrected chi connectivity index (χ0v) is 71.1. The number of ketones is 3. The van der Waals surface area contributed by atoms with Gasteiger partial charge in [0, 0.05) is 82.8 Å². The number of methoxy groups -OCH3 is 3. The number of carbonyl (C=O) groups excluding carboxylic acids is 12. The number of hydrogen-bond donors (Lipinski definition) is 12.